The number of carboxylic acids is 1. The lowest BCUT2D eigenvalue weighted by Crippen LogP contribution is -2.51. The molecule has 0 aromatic rings. The molecular formula is C12H20N2O5S. The first kappa shape index (κ1) is 15.2. The lowest BCUT2D eigenvalue weighted by Gasteiger charge is -2.33. The Kier molecular flexibility index (Phi) is 3.58. The van der Waals surface area contributed by atoms with Gasteiger partial charge < -0.3 is 10.0 Å². The fraction of sp³-hybridized carbons (Fsp3) is 0.833. The molecule has 2 aliphatic rings. The Hall–Kier alpha value is -1.15. The highest BCUT2D eigenvalue weighted by Gasteiger charge is 2.66. The summed E-state index contributed by atoms with van der Waals surface area (Å²) in [5.74, 6) is -2.24. The van der Waals surface area contributed by atoms with Crippen LogP contribution in [0.25, 0.3) is 0 Å². The maximum absolute atomic E-state index is 12.3. The molecule has 0 radical (unpaired) electrons. The molecule has 1 aliphatic heterocycles. The molecule has 114 valence electrons. The van der Waals surface area contributed by atoms with E-state index in [2.05, 4.69) is 0 Å². The number of aliphatic carboxylic acids is 1. The van der Waals surface area contributed by atoms with E-state index in [0.29, 0.717) is 13.1 Å². The van der Waals surface area contributed by atoms with Gasteiger partial charge in [0.25, 0.3) is 0 Å². The van der Waals surface area contributed by atoms with Crippen LogP contribution in [-0.2, 0) is 19.6 Å². The number of carbonyl (C=O) groups is 2. The first-order valence-corrected chi connectivity index (χ1v) is 8.38. The normalized spacial score (nSPS) is 30.1. The van der Waals surface area contributed by atoms with Gasteiger partial charge in [-0.15, -0.1) is 0 Å². The molecule has 0 aromatic heterocycles. The topological polar surface area (TPSA) is 95.0 Å². The van der Waals surface area contributed by atoms with Gasteiger partial charge in [0.05, 0.1) is 18.1 Å². The Labute approximate surface area is 118 Å². The Morgan fingerprint density at radius 1 is 1.10 bits per heavy atom. The molecule has 0 spiro atoms. The second-order valence-electron chi connectivity index (χ2n) is 6.10. The molecule has 7 nitrogen and oxygen atoms in total. The Morgan fingerprint density at radius 2 is 1.60 bits per heavy atom. The SMILES string of the molecule is CC1(C)C(C(=O)O)C1C(=O)N1CCN(S(C)(=O)=O)CC1. The van der Waals surface area contributed by atoms with Crippen molar-refractivity contribution in [1.82, 2.24) is 9.21 Å². The minimum Gasteiger partial charge on any atom is -0.481 e. The number of nitrogens with zero attached hydrogens (tertiary/aromatic N) is 2. The van der Waals surface area contributed by atoms with Crippen molar-refractivity contribution in [1.29, 1.82) is 0 Å². The van der Waals surface area contributed by atoms with E-state index in [1.54, 1.807) is 18.7 Å². The summed E-state index contributed by atoms with van der Waals surface area (Å²) in [7, 11) is -3.23. The molecule has 2 rings (SSSR count). The molecule has 2 unspecified atom stereocenters. The Morgan fingerprint density at radius 3 is 1.95 bits per heavy atom. The van der Waals surface area contributed by atoms with E-state index in [9.17, 15) is 18.0 Å². The Balaban J connectivity index is 1.99. The summed E-state index contributed by atoms with van der Waals surface area (Å²) >= 11 is 0. The van der Waals surface area contributed by atoms with Crippen molar-refractivity contribution in [2.75, 3.05) is 32.4 Å². The van der Waals surface area contributed by atoms with Crippen molar-refractivity contribution in [3.05, 3.63) is 0 Å². The van der Waals surface area contributed by atoms with Crippen molar-refractivity contribution in [3.8, 4) is 0 Å². The molecule has 8 heteroatoms. The van der Waals surface area contributed by atoms with Gasteiger partial charge in [0.15, 0.2) is 0 Å². The third kappa shape index (κ3) is 2.54. The molecule has 1 aliphatic carbocycles. The molecule has 1 N–H and O–H groups in total. The predicted octanol–water partition coefficient (Wildman–Crippen LogP) is -0.553. The smallest absolute Gasteiger partial charge is 0.307 e. The summed E-state index contributed by atoms with van der Waals surface area (Å²) in [6.07, 6.45) is 1.15. The minimum absolute atomic E-state index is 0.171. The van der Waals surface area contributed by atoms with Crippen LogP contribution in [0.5, 0.6) is 0 Å². The summed E-state index contributed by atoms with van der Waals surface area (Å²) in [6, 6.07) is 0. The third-order valence-electron chi connectivity index (χ3n) is 4.38. The number of hydrogen-bond donors (Lipinski definition) is 1. The van der Waals surface area contributed by atoms with Gasteiger partial charge in [-0.05, 0) is 5.41 Å². The van der Waals surface area contributed by atoms with Crippen molar-refractivity contribution < 1.29 is 23.1 Å². The summed E-state index contributed by atoms with van der Waals surface area (Å²) in [4.78, 5) is 25.0. The van der Waals surface area contributed by atoms with Gasteiger partial charge in [0.2, 0.25) is 15.9 Å². The summed E-state index contributed by atoms with van der Waals surface area (Å²) in [6.45, 7) is 4.75. The standard InChI is InChI=1S/C12H20N2O5S/c1-12(2)8(9(12)11(16)17)10(15)13-4-6-14(7-5-13)20(3,18)19/h8-9H,4-7H2,1-3H3,(H,16,17). The van der Waals surface area contributed by atoms with Crippen LogP contribution in [0.3, 0.4) is 0 Å². The van der Waals surface area contributed by atoms with Crippen LogP contribution in [0.1, 0.15) is 13.8 Å². The van der Waals surface area contributed by atoms with E-state index in [1.807, 2.05) is 0 Å². The number of amides is 1. The lowest BCUT2D eigenvalue weighted by atomic mass is 10.1. The highest BCUT2D eigenvalue weighted by atomic mass is 32.2. The monoisotopic (exact) mass is 304 g/mol. The summed E-state index contributed by atoms with van der Waals surface area (Å²) in [5.41, 5.74) is -0.517. The average molecular weight is 304 g/mol. The summed E-state index contributed by atoms with van der Waals surface area (Å²) in [5, 5.41) is 9.10. The van der Waals surface area contributed by atoms with E-state index in [0.717, 1.165) is 6.26 Å². The zero-order valence-electron chi connectivity index (χ0n) is 11.9. The second-order valence-corrected chi connectivity index (χ2v) is 8.08. The van der Waals surface area contributed by atoms with Gasteiger partial charge in [0, 0.05) is 26.2 Å². The van der Waals surface area contributed by atoms with Crippen molar-refractivity contribution in [2.24, 2.45) is 17.3 Å². The molecule has 1 heterocycles. The number of hydrogen-bond acceptors (Lipinski definition) is 4. The van der Waals surface area contributed by atoms with Crippen LogP contribution in [0.4, 0.5) is 0 Å². The maximum atomic E-state index is 12.3. The first-order valence-electron chi connectivity index (χ1n) is 6.53. The molecule has 1 saturated heterocycles. The van der Waals surface area contributed by atoms with Crippen molar-refractivity contribution in [3.63, 3.8) is 0 Å². The molecule has 2 atom stereocenters. The second kappa shape index (κ2) is 4.70. The molecule has 0 bridgehead atoms. The van der Waals surface area contributed by atoms with Crippen molar-refractivity contribution in [2.45, 2.75) is 13.8 Å². The van der Waals surface area contributed by atoms with Crippen LogP contribution >= 0.6 is 0 Å². The first-order chi connectivity index (χ1) is 9.06. The number of carboxylic acid groups (broad SMARTS) is 1. The van der Waals surface area contributed by atoms with Gasteiger partial charge >= 0.3 is 5.97 Å². The van der Waals surface area contributed by atoms with Gasteiger partial charge in [-0.3, -0.25) is 9.59 Å². The zero-order valence-corrected chi connectivity index (χ0v) is 12.7. The van der Waals surface area contributed by atoms with Gasteiger partial charge in [-0.25, -0.2) is 8.42 Å². The number of rotatable bonds is 3. The minimum atomic E-state index is -3.23. The molecule has 1 amide bonds. The largest absolute Gasteiger partial charge is 0.481 e. The van der Waals surface area contributed by atoms with E-state index < -0.39 is 33.2 Å². The van der Waals surface area contributed by atoms with E-state index >= 15 is 0 Å². The molecule has 20 heavy (non-hydrogen) atoms. The van der Waals surface area contributed by atoms with Crippen LogP contribution < -0.4 is 0 Å². The van der Waals surface area contributed by atoms with Crippen molar-refractivity contribution >= 4 is 21.9 Å². The molecule has 1 saturated carbocycles. The van der Waals surface area contributed by atoms with Crippen LogP contribution in [0, 0.1) is 17.3 Å². The molecule has 0 aromatic carbocycles. The number of piperazine rings is 1. The molecular weight excluding hydrogens is 284 g/mol. The van der Waals surface area contributed by atoms with Gasteiger partial charge in [-0.2, -0.15) is 4.31 Å². The van der Waals surface area contributed by atoms with Crippen LogP contribution in [-0.4, -0.2) is 67.0 Å². The van der Waals surface area contributed by atoms with Gasteiger partial charge in [-0.1, -0.05) is 13.8 Å². The number of sulfonamides is 1. The predicted molar refractivity (Wildman–Crippen MR) is 71.4 cm³/mol. The maximum Gasteiger partial charge on any atom is 0.307 e. The van der Waals surface area contributed by atoms with E-state index in [4.69, 9.17) is 5.11 Å². The Bertz CT molecular complexity index is 534. The average Bonchev–Trinajstić information content (AvgIpc) is 2.90. The third-order valence-corrected chi connectivity index (χ3v) is 5.68. The van der Waals surface area contributed by atoms with E-state index in [-0.39, 0.29) is 19.0 Å². The highest BCUT2D eigenvalue weighted by Crippen LogP contribution is 2.59. The van der Waals surface area contributed by atoms with E-state index in [1.165, 1.54) is 4.31 Å². The summed E-state index contributed by atoms with van der Waals surface area (Å²) < 4.78 is 24.1. The van der Waals surface area contributed by atoms with Crippen LogP contribution in [0.15, 0.2) is 0 Å². The quantitative estimate of drug-likeness (QED) is 0.754. The number of carbonyl (C=O) groups excluding carboxylic acids is 1. The fourth-order valence-corrected chi connectivity index (χ4v) is 3.82. The fourth-order valence-electron chi connectivity index (χ4n) is 3.00. The van der Waals surface area contributed by atoms with Gasteiger partial charge in [0.1, 0.15) is 0 Å². The molecule has 2 fully saturated rings. The lowest BCUT2D eigenvalue weighted by molar-refractivity contribution is -0.142. The van der Waals surface area contributed by atoms with Crippen LogP contribution in [0.2, 0.25) is 0 Å². The highest BCUT2D eigenvalue weighted by molar-refractivity contribution is 7.88. The zero-order chi connectivity index (χ0) is 15.3.